The Morgan fingerprint density at radius 1 is 0.840 bits per heavy atom. The lowest BCUT2D eigenvalue weighted by atomic mass is 10.1. The predicted molar refractivity (Wildman–Crippen MR) is 97.3 cm³/mol. The Morgan fingerprint density at radius 2 is 1.72 bits per heavy atom. The maximum absolute atomic E-state index is 5.43. The summed E-state index contributed by atoms with van der Waals surface area (Å²) in [5.74, 6) is 1.12. The first-order valence-electron chi connectivity index (χ1n) is 7.96. The third-order valence-corrected chi connectivity index (χ3v) is 3.94. The average Bonchev–Trinajstić information content (AvgIpc) is 2.67. The topological polar surface area (TPSA) is 60.8 Å². The smallest absolute Gasteiger partial charge is 0.222 e. The molecule has 25 heavy (non-hydrogen) atoms. The van der Waals surface area contributed by atoms with Gasteiger partial charge in [0.15, 0.2) is 5.82 Å². The largest absolute Gasteiger partial charge is 0.481 e. The summed E-state index contributed by atoms with van der Waals surface area (Å²) < 4.78 is 5.43. The fourth-order valence-corrected chi connectivity index (χ4v) is 2.80. The zero-order valence-corrected chi connectivity index (χ0v) is 14.0. The molecule has 3 heterocycles. The van der Waals surface area contributed by atoms with Gasteiger partial charge in [-0.3, -0.25) is 0 Å². The van der Waals surface area contributed by atoms with Crippen molar-refractivity contribution in [2.45, 2.75) is 6.92 Å². The van der Waals surface area contributed by atoms with Gasteiger partial charge in [-0.15, -0.1) is 0 Å². The zero-order chi connectivity index (χ0) is 17.2. The molecule has 5 nitrogen and oxygen atoms in total. The quantitative estimate of drug-likeness (QED) is 0.567. The van der Waals surface area contributed by atoms with E-state index in [0.29, 0.717) is 11.7 Å². The molecule has 0 saturated heterocycles. The number of aryl methyl sites for hydroxylation is 1. The first-order valence-corrected chi connectivity index (χ1v) is 7.96. The Morgan fingerprint density at radius 3 is 2.56 bits per heavy atom. The molecule has 0 aliphatic heterocycles. The molecule has 3 aromatic heterocycles. The minimum absolute atomic E-state index is 0.537. The molecule has 0 saturated carbocycles. The van der Waals surface area contributed by atoms with Crippen LogP contribution in [0.3, 0.4) is 0 Å². The molecule has 5 heteroatoms. The number of fused-ring (bicyclic) bond motifs is 1. The molecule has 0 aliphatic rings. The Labute approximate surface area is 145 Å². The third kappa shape index (κ3) is 2.80. The number of ether oxygens (including phenoxy) is 1. The van der Waals surface area contributed by atoms with Crippen molar-refractivity contribution < 1.29 is 4.74 Å². The second kappa shape index (κ2) is 6.28. The van der Waals surface area contributed by atoms with Crippen LogP contribution in [0, 0.1) is 6.92 Å². The molecule has 4 rings (SSSR count). The molecule has 122 valence electrons. The first kappa shape index (κ1) is 15.2. The van der Waals surface area contributed by atoms with Crippen molar-refractivity contribution in [1.29, 1.82) is 0 Å². The standard InChI is InChI=1S/C20H16N4O/c1-13-7-5-11-17(22-13)19-23-16-10-4-3-8-14(16)18(24-19)15-9-6-12-21-20(15)25-2/h3-12H,1-2H3. The summed E-state index contributed by atoms with van der Waals surface area (Å²) in [6.45, 7) is 1.95. The highest BCUT2D eigenvalue weighted by Gasteiger charge is 2.15. The van der Waals surface area contributed by atoms with Crippen LogP contribution in [0.15, 0.2) is 60.8 Å². The van der Waals surface area contributed by atoms with Crippen LogP contribution in [-0.2, 0) is 0 Å². The van der Waals surface area contributed by atoms with E-state index in [1.54, 1.807) is 13.3 Å². The number of rotatable bonds is 3. The van der Waals surface area contributed by atoms with Crippen LogP contribution in [0.2, 0.25) is 0 Å². The minimum Gasteiger partial charge on any atom is -0.481 e. The molecule has 1 aromatic carbocycles. The van der Waals surface area contributed by atoms with Crippen LogP contribution in [0.1, 0.15) is 5.69 Å². The summed E-state index contributed by atoms with van der Waals surface area (Å²) in [4.78, 5) is 18.3. The van der Waals surface area contributed by atoms with E-state index in [-0.39, 0.29) is 0 Å². The highest BCUT2D eigenvalue weighted by molar-refractivity contribution is 5.94. The summed E-state index contributed by atoms with van der Waals surface area (Å²) in [7, 11) is 1.61. The highest BCUT2D eigenvalue weighted by atomic mass is 16.5. The molecule has 0 unspecified atom stereocenters. The summed E-state index contributed by atoms with van der Waals surface area (Å²) in [5, 5.41) is 0.949. The normalized spacial score (nSPS) is 10.8. The lowest BCUT2D eigenvalue weighted by molar-refractivity contribution is 0.399. The van der Waals surface area contributed by atoms with Crippen molar-refractivity contribution in [3.05, 3.63) is 66.5 Å². The Balaban J connectivity index is 2.03. The molecule has 4 aromatic rings. The van der Waals surface area contributed by atoms with E-state index >= 15 is 0 Å². The SMILES string of the molecule is COc1ncccc1-c1nc(-c2cccc(C)n2)nc2ccccc12. The van der Waals surface area contributed by atoms with Crippen LogP contribution in [0.5, 0.6) is 5.88 Å². The van der Waals surface area contributed by atoms with E-state index in [2.05, 4.69) is 9.97 Å². The van der Waals surface area contributed by atoms with E-state index in [4.69, 9.17) is 14.7 Å². The maximum Gasteiger partial charge on any atom is 0.222 e. The van der Waals surface area contributed by atoms with Gasteiger partial charge in [0.25, 0.3) is 0 Å². The van der Waals surface area contributed by atoms with E-state index in [1.165, 1.54) is 0 Å². The summed E-state index contributed by atoms with van der Waals surface area (Å²) in [6.07, 6.45) is 1.70. The fourth-order valence-electron chi connectivity index (χ4n) is 2.80. The summed E-state index contributed by atoms with van der Waals surface area (Å²) in [5.41, 5.74) is 4.15. The van der Waals surface area contributed by atoms with Gasteiger partial charge in [-0.1, -0.05) is 24.3 Å². The van der Waals surface area contributed by atoms with Gasteiger partial charge in [-0.05, 0) is 37.3 Å². The second-order valence-corrected chi connectivity index (χ2v) is 5.64. The molecule has 0 aliphatic carbocycles. The number of hydrogen-bond donors (Lipinski definition) is 0. The third-order valence-electron chi connectivity index (χ3n) is 3.94. The van der Waals surface area contributed by atoms with Gasteiger partial charge in [-0.2, -0.15) is 0 Å². The maximum atomic E-state index is 5.43. The number of nitrogens with zero attached hydrogens (tertiary/aromatic N) is 4. The number of benzene rings is 1. The van der Waals surface area contributed by atoms with Crippen molar-refractivity contribution in [1.82, 2.24) is 19.9 Å². The van der Waals surface area contributed by atoms with Crippen LogP contribution < -0.4 is 4.74 Å². The van der Waals surface area contributed by atoms with Crippen LogP contribution in [-0.4, -0.2) is 27.0 Å². The second-order valence-electron chi connectivity index (χ2n) is 5.64. The monoisotopic (exact) mass is 328 g/mol. The van der Waals surface area contributed by atoms with E-state index in [0.717, 1.165) is 33.5 Å². The number of pyridine rings is 2. The summed E-state index contributed by atoms with van der Waals surface area (Å²) in [6, 6.07) is 17.6. The molecule has 0 amide bonds. The molecular weight excluding hydrogens is 312 g/mol. The van der Waals surface area contributed by atoms with Gasteiger partial charge >= 0.3 is 0 Å². The van der Waals surface area contributed by atoms with Crippen molar-refractivity contribution in [2.75, 3.05) is 7.11 Å². The van der Waals surface area contributed by atoms with Crippen molar-refractivity contribution in [3.8, 4) is 28.7 Å². The Hall–Kier alpha value is -3.34. The van der Waals surface area contributed by atoms with Gasteiger partial charge in [-0.25, -0.2) is 19.9 Å². The molecule has 0 N–H and O–H groups in total. The van der Waals surface area contributed by atoms with Gasteiger partial charge in [0.1, 0.15) is 5.69 Å². The molecule has 0 fully saturated rings. The first-order chi connectivity index (χ1) is 12.3. The lowest BCUT2D eigenvalue weighted by Crippen LogP contribution is -1.99. The Kier molecular flexibility index (Phi) is 3.82. The van der Waals surface area contributed by atoms with Crippen LogP contribution >= 0.6 is 0 Å². The van der Waals surface area contributed by atoms with E-state index < -0.39 is 0 Å². The number of hydrogen-bond acceptors (Lipinski definition) is 5. The molecular formula is C20H16N4O. The van der Waals surface area contributed by atoms with Gasteiger partial charge in [0, 0.05) is 17.3 Å². The van der Waals surface area contributed by atoms with Crippen LogP contribution in [0.25, 0.3) is 33.7 Å². The predicted octanol–water partition coefficient (Wildman–Crippen LogP) is 4.07. The highest BCUT2D eigenvalue weighted by Crippen LogP contribution is 2.32. The van der Waals surface area contributed by atoms with Gasteiger partial charge in [0.05, 0.1) is 23.9 Å². The lowest BCUT2D eigenvalue weighted by Gasteiger charge is -2.11. The number of para-hydroxylation sites is 1. The fraction of sp³-hybridized carbons (Fsp3) is 0.100. The molecule has 0 atom stereocenters. The van der Waals surface area contributed by atoms with E-state index in [1.807, 2.05) is 61.5 Å². The zero-order valence-electron chi connectivity index (χ0n) is 14.0. The minimum atomic E-state index is 0.537. The van der Waals surface area contributed by atoms with Crippen molar-refractivity contribution >= 4 is 10.9 Å². The van der Waals surface area contributed by atoms with Crippen molar-refractivity contribution in [2.24, 2.45) is 0 Å². The number of aromatic nitrogens is 4. The van der Waals surface area contributed by atoms with E-state index in [9.17, 15) is 0 Å². The molecule has 0 spiro atoms. The van der Waals surface area contributed by atoms with Gasteiger partial charge < -0.3 is 4.74 Å². The molecule has 0 bridgehead atoms. The van der Waals surface area contributed by atoms with Gasteiger partial charge in [0.2, 0.25) is 5.88 Å². The average molecular weight is 328 g/mol. The van der Waals surface area contributed by atoms with Crippen LogP contribution in [0.4, 0.5) is 0 Å². The number of methoxy groups -OCH3 is 1. The summed E-state index contributed by atoms with van der Waals surface area (Å²) >= 11 is 0. The Bertz CT molecular complexity index is 1060. The van der Waals surface area contributed by atoms with Crippen molar-refractivity contribution in [3.63, 3.8) is 0 Å². The molecule has 0 radical (unpaired) electrons.